The molecule has 0 spiro atoms. The molecular weight excluding hydrogens is 667 g/mol. The van der Waals surface area contributed by atoms with Crippen molar-refractivity contribution in [3.05, 3.63) is 91.5 Å². The van der Waals surface area contributed by atoms with Crippen LogP contribution in [0.25, 0.3) is 5.57 Å². The fourth-order valence-electron chi connectivity index (χ4n) is 10.4. The van der Waals surface area contributed by atoms with E-state index in [1.165, 1.54) is 37.7 Å². The third-order valence-electron chi connectivity index (χ3n) is 11.5. The minimum absolute atomic E-state index is 0. The second-order valence-electron chi connectivity index (χ2n) is 14.1. The summed E-state index contributed by atoms with van der Waals surface area (Å²) in [6.45, 7) is 15.9. The zero-order chi connectivity index (χ0) is 28.6. The first kappa shape index (κ1) is 36.7. The van der Waals surface area contributed by atoms with Gasteiger partial charge in [-0.1, -0.05) is 107 Å². The third kappa shape index (κ3) is 6.97. The van der Waals surface area contributed by atoms with Gasteiger partial charge in [-0.15, -0.1) is 11.8 Å². The number of rotatable bonds is 5. The molecule has 9 unspecified atom stereocenters. The molecule has 2 aromatic carbocycles. The van der Waals surface area contributed by atoms with Gasteiger partial charge >= 0.3 is 37.9 Å². The van der Waals surface area contributed by atoms with E-state index in [4.69, 9.17) is 17.0 Å². The summed E-state index contributed by atoms with van der Waals surface area (Å²) in [5, 5.41) is 0.809. The Kier molecular flexibility index (Phi) is 13.7. The van der Waals surface area contributed by atoms with Gasteiger partial charge < -0.3 is 14.9 Å². The van der Waals surface area contributed by atoms with E-state index in [9.17, 15) is 0 Å². The van der Waals surface area contributed by atoms with Crippen LogP contribution in [0, 0.1) is 50.4 Å². The number of thioether (sulfide) groups is 1. The average molecular weight is 721 g/mol. The Morgan fingerprint density at radius 3 is 2.02 bits per heavy atom. The van der Waals surface area contributed by atoms with Gasteiger partial charge in [-0.3, -0.25) is 0 Å². The van der Waals surface area contributed by atoms with Gasteiger partial charge in [0, 0.05) is 5.25 Å². The Balaban J connectivity index is 0.000000930. The number of halogens is 2. The van der Waals surface area contributed by atoms with E-state index in [0.717, 1.165) is 57.8 Å². The number of hydrogen-bond donors (Lipinski definition) is 0. The molecule has 42 heavy (non-hydrogen) atoms. The molecule has 6 rings (SSSR count). The Morgan fingerprint density at radius 2 is 1.43 bits per heavy atom. The molecule has 230 valence electrons. The van der Waals surface area contributed by atoms with Crippen molar-refractivity contribution in [2.75, 3.05) is 0 Å². The van der Waals surface area contributed by atoms with Crippen LogP contribution in [0.15, 0.2) is 65.6 Å². The van der Waals surface area contributed by atoms with Gasteiger partial charge in [0.15, 0.2) is 0 Å². The van der Waals surface area contributed by atoms with E-state index in [0.29, 0.717) is 0 Å². The van der Waals surface area contributed by atoms with Crippen molar-refractivity contribution in [3.8, 4) is 0 Å². The molecular formula is C37H54Cl2SSiZr. The summed E-state index contributed by atoms with van der Waals surface area (Å²) in [6.07, 6.45) is 7.23. The monoisotopic (exact) mass is 718 g/mol. The molecule has 2 aromatic rings. The molecule has 0 radical (unpaired) electrons. The van der Waals surface area contributed by atoms with Crippen molar-refractivity contribution in [1.29, 1.82) is 0 Å². The zero-order valence-corrected chi connectivity index (χ0v) is 33.0. The van der Waals surface area contributed by atoms with Crippen molar-refractivity contribution < 1.29 is 20.8 Å². The van der Waals surface area contributed by atoms with Crippen LogP contribution in [0.1, 0.15) is 76.8 Å². The Hall–Kier alpha value is 0.210. The Labute approximate surface area is 283 Å². The number of allylic oxidation sites excluding steroid dienone is 2. The van der Waals surface area contributed by atoms with Gasteiger partial charge in [0.25, 0.3) is 0 Å². The van der Waals surface area contributed by atoms with Crippen LogP contribution < -0.4 is 0 Å². The van der Waals surface area contributed by atoms with Gasteiger partial charge in [0.1, 0.15) is 0 Å². The summed E-state index contributed by atoms with van der Waals surface area (Å²) in [7, 11) is 8.31. The first-order chi connectivity index (χ1) is 19.2. The maximum absolute atomic E-state index is 4.93. The van der Waals surface area contributed by atoms with E-state index in [-0.39, 0.29) is 14.9 Å². The molecule has 0 aromatic heterocycles. The van der Waals surface area contributed by atoms with Gasteiger partial charge in [0.05, 0.1) is 8.07 Å². The van der Waals surface area contributed by atoms with Crippen molar-refractivity contribution in [2.45, 2.75) is 95.1 Å². The number of hydrogen-bond acceptors (Lipinski definition) is 1. The summed E-state index contributed by atoms with van der Waals surface area (Å²) < 4.78 is 0. The topological polar surface area (TPSA) is 0 Å². The van der Waals surface area contributed by atoms with Crippen molar-refractivity contribution in [2.24, 2.45) is 35.5 Å². The molecule has 1 aliphatic heterocycles. The number of benzene rings is 2. The van der Waals surface area contributed by atoms with Crippen LogP contribution in [0.3, 0.4) is 0 Å². The predicted molar refractivity (Wildman–Crippen MR) is 190 cm³/mol. The molecule has 3 saturated carbocycles. The van der Waals surface area contributed by atoms with Crippen molar-refractivity contribution in [3.63, 3.8) is 0 Å². The van der Waals surface area contributed by atoms with Gasteiger partial charge in [0.2, 0.25) is 0 Å². The first-order valence-corrected chi connectivity index (χ1v) is 26.0. The molecule has 5 heteroatoms. The standard InChI is InChI=1S/C35H48SSi.2CH3.2ClH.Zr/c1-22(2)29-21-31-32(26-16-11-8-12-17-26)24(4)36-33(31)35(29)37(5,6)34-23(3)20-30-27(18-13-19-28(30)34)25-14-9-7-10-15-25;;;;;/h7-12,14-17,22-23,27-31,33-35H,13,18-21H2,1-6H3;2*1H3;2*1H;/q;2*-1;;;+4/p-2. The summed E-state index contributed by atoms with van der Waals surface area (Å²) >= 11 is 1.47. The molecule has 9 atom stereocenters. The Morgan fingerprint density at radius 1 is 0.833 bits per heavy atom. The second kappa shape index (κ2) is 15.7. The van der Waals surface area contributed by atoms with Gasteiger partial charge in [-0.05, 0) is 100 Å². The minimum atomic E-state index is -1.56. The van der Waals surface area contributed by atoms with E-state index in [2.05, 4.69) is 113 Å². The van der Waals surface area contributed by atoms with Gasteiger partial charge in [-0.25, -0.2) is 0 Å². The third-order valence-corrected chi connectivity index (χ3v) is 18.5. The van der Waals surface area contributed by atoms with Crippen LogP contribution in [0.4, 0.5) is 0 Å². The molecule has 0 saturated heterocycles. The Bertz CT molecular complexity index is 1150. The SMILES string of the molecule is CC1=C(c2ccccc2)C2CC(C(C)C)C([Si](C)(C)C3C(C)CC4C(c5ccccc5)CCCC43)C2S1.[CH3-].[CH3-].[Cl][Zr+2][Cl]. The van der Waals surface area contributed by atoms with Crippen molar-refractivity contribution >= 4 is 42.4 Å². The van der Waals surface area contributed by atoms with Crippen LogP contribution in [-0.4, -0.2) is 13.3 Å². The van der Waals surface area contributed by atoms with Crippen molar-refractivity contribution in [1.82, 2.24) is 0 Å². The number of fused-ring (bicyclic) bond motifs is 2. The van der Waals surface area contributed by atoms with E-state index >= 15 is 0 Å². The van der Waals surface area contributed by atoms with Crippen LogP contribution in [0.5, 0.6) is 0 Å². The fraction of sp³-hybridized carbons (Fsp3) is 0.568. The molecule has 3 aliphatic carbocycles. The molecule has 1 heterocycles. The second-order valence-corrected chi connectivity index (χ2v) is 24.2. The van der Waals surface area contributed by atoms with E-state index < -0.39 is 28.9 Å². The normalized spacial score (nSPS) is 33.5. The van der Waals surface area contributed by atoms with E-state index in [1.54, 1.807) is 16.0 Å². The first-order valence-electron chi connectivity index (χ1n) is 15.6. The molecule has 0 amide bonds. The molecule has 0 nitrogen and oxygen atoms in total. The summed E-state index contributed by atoms with van der Waals surface area (Å²) in [5.41, 5.74) is 6.74. The van der Waals surface area contributed by atoms with Gasteiger partial charge in [-0.2, -0.15) is 0 Å². The molecule has 3 fully saturated rings. The quantitative estimate of drug-likeness (QED) is 0.219. The summed E-state index contributed by atoms with van der Waals surface area (Å²) in [4.78, 5) is 1.62. The zero-order valence-electron chi connectivity index (χ0n) is 27.2. The van der Waals surface area contributed by atoms with Crippen LogP contribution in [0.2, 0.25) is 24.2 Å². The molecule has 0 bridgehead atoms. The summed E-state index contributed by atoms with van der Waals surface area (Å²) in [6, 6.07) is 23.0. The molecule has 0 N–H and O–H groups in total. The maximum atomic E-state index is 4.93. The summed E-state index contributed by atoms with van der Waals surface area (Å²) in [5.74, 6) is 5.98. The molecule has 4 aliphatic rings. The predicted octanol–water partition coefficient (Wildman–Crippen LogP) is 12.8. The average Bonchev–Trinajstić information content (AvgIpc) is 3.58. The van der Waals surface area contributed by atoms with Crippen LogP contribution >= 0.6 is 28.8 Å². The van der Waals surface area contributed by atoms with Crippen LogP contribution in [-0.2, 0) is 20.8 Å². The van der Waals surface area contributed by atoms with E-state index in [1.807, 2.05) is 0 Å². The fourth-order valence-corrected chi connectivity index (χ4v) is 19.5.